The predicted octanol–water partition coefficient (Wildman–Crippen LogP) is 1.45. The second kappa shape index (κ2) is 6.90. The molecule has 1 N–H and O–H groups in total. The molecule has 128 valence electrons. The molecule has 0 radical (unpaired) electrons. The van der Waals surface area contributed by atoms with E-state index in [-0.39, 0.29) is 18.6 Å². The maximum absolute atomic E-state index is 12.1. The number of hydrogen-bond donors (Lipinski definition) is 1. The molecule has 1 aromatic rings. The lowest BCUT2D eigenvalue weighted by Gasteiger charge is -2.24. The molecule has 7 nitrogen and oxygen atoms in total. The van der Waals surface area contributed by atoms with Gasteiger partial charge in [0.05, 0.1) is 6.04 Å². The van der Waals surface area contributed by atoms with E-state index < -0.39 is 6.09 Å². The van der Waals surface area contributed by atoms with Gasteiger partial charge in [-0.2, -0.15) is 0 Å². The first-order valence-corrected chi connectivity index (χ1v) is 8.15. The third-order valence-electron chi connectivity index (χ3n) is 4.42. The molecule has 2 aliphatic heterocycles. The van der Waals surface area contributed by atoms with Gasteiger partial charge in [0, 0.05) is 31.4 Å². The maximum Gasteiger partial charge on any atom is 0.414 e. The van der Waals surface area contributed by atoms with Crippen LogP contribution in [-0.2, 0) is 20.7 Å². The molecule has 2 heterocycles. The van der Waals surface area contributed by atoms with E-state index in [9.17, 15) is 14.4 Å². The Hall–Kier alpha value is -2.57. The number of rotatable bonds is 4. The fraction of sp³-hybridized carbons (Fsp3) is 0.471. The summed E-state index contributed by atoms with van der Waals surface area (Å²) < 4.78 is 5.14. The van der Waals surface area contributed by atoms with Gasteiger partial charge >= 0.3 is 6.09 Å². The molecule has 7 heteroatoms. The Morgan fingerprint density at radius 3 is 3.00 bits per heavy atom. The average molecular weight is 331 g/mol. The van der Waals surface area contributed by atoms with E-state index in [0.717, 1.165) is 42.6 Å². The summed E-state index contributed by atoms with van der Waals surface area (Å²) in [6.07, 6.45) is 3.27. The zero-order valence-corrected chi connectivity index (χ0v) is 13.7. The molecular weight excluding hydrogens is 310 g/mol. The molecule has 1 aromatic carbocycles. The number of anilines is 2. The van der Waals surface area contributed by atoms with Crippen LogP contribution in [-0.4, -0.2) is 44.1 Å². The van der Waals surface area contributed by atoms with E-state index in [1.54, 1.807) is 9.80 Å². The van der Waals surface area contributed by atoms with Gasteiger partial charge < -0.3 is 15.0 Å². The number of cyclic esters (lactones) is 1. The lowest BCUT2D eigenvalue weighted by Crippen LogP contribution is -2.42. The number of amides is 3. The number of benzene rings is 1. The summed E-state index contributed by atoms with van der Waals surface area (Å²) in [5.74, 6) is -0.141. The van der Waals surface area contributed by atoms with Gasteiger partial charge in [-0.3, -0.25) is 14.5 Å². The van der Waals surface area contributed by atoms with Crippen LogP contribution in [0.4, 0.5) is 16.2 Å². The van der Waals surface area contributed by atoms with Crippen molar-refractivity contribution in [2.45, 2.75) is 32.2 Å². The van der Waals surface area contributed by atoms with Crippen molar-refractivity contribution >= 4 is 29.8 Å². The summed E-state index contributed by atoms with van der Waals surface area (Å²) >= 11 is 0. The van der Waals surface area contributed by atoms with Crippen LogP contribution in [0, 0.1) is 0 Å². The van der Waals surface area contributed by atoms with E-state index in [2.05, 4.69) is 5.32 Å². The number of ether oxygens (including phenoxy) is 1. The molecule has 0 bridgehead atoms. The van der Waals surface area contributed by atoms with Gasteiger partial charge in [-0.1, -0.05) is 0 Å². The van der Waals surface area contributed by atoms with Crippen LogP contribution in [0.15, 0.2) is 18.2 Å². The Morgan fingerprint density at radius 2 is 2.25 bits per heavy atom. The molecule has 0 spiro atoms. The van der Waals surface area contributed by atoms with E-state index in [0.29, 0.717) is 13.1 Å². The number of carbonyl (C=O) groups excluding carboxylic acids is 3. The molecule has 0 saturated carbocycles. The van der Waals surface area contributed by atoms with Crippen molar-refractivity contribution in [2.24, 2.45) is 0 Å². The fourth-order valence-electron chi connectivity index (χ4n) is 3.22. The molecule has 1 unspecified atom stereocenters. The van der Waals surface area contributed by atoms with Crippen LogP contribution in [0.25, 0.3) is 0 Å². The van der Waals surface area contributed by atoms with Crippen molar-refractivity contribution in [2.75, 3.05) is 29.5 Å². The lowest BCUT2D eigenvalue weighted by molar-refractivity contribution is -0.119. The van der Waals surface area contributed by atoms with Crippen LogP contribution < -0.4 is 15.1 Å². The largest absolute Gasteiger partial charge is 0.447 e. The number of nitrogens with zero attached hydrogens (tertiary/aromatic N) is 2. The third-order valence-corrected chi connectivity index (χ3v) is 4.42. The molecule has 0 aromatic heterocycles. The van der Waals surface area contributed by atoms with Crippen molar-refractivity contribution in [3.05, 3.63) is 23.8 Å². The van der Waals surface area contributed by atoms with Gasteiger partial charge in [0.25, 0.3) is 0 Å². The molecule has 3 rings (SSSR count). The summed E-state index contributed by atoms with van der Waals surface area (Å²) in [6, 6.07) is 5.43. The minimum Gasteiger partial charge on any atom is -0.447 e. The Kier molecular flexibility index (Phi) is 4.69. The van der Waals surface area contributed by atoms with Gasteiger partial charge in [0.2, 0.25) is 12.3 Å². The number of fused-ring (bicyclic) bond motifs is 1. The molecule has 2 aliphatic rings. The normalized spacial score (nSPS) is 20.2. The molecule has 3 amide bonds. The number of hydrogen-bond acceptors (Lipinski definition) is 4. The van der Waals surface area contributed by atoms with Crippen molar-refractivity contribution in [3.8, 4) is 0 Å². The molecule has 1 atom stereocenters. The monoisotopic (exact) mass is 331 g/mol. The molecule has 0 aliphatic carbocycles. The highest BCUT2D eigenvalue weighted by Gasteiger charge is 2.34. The van der Waals surface area contributed by atoms with Crippen molar-refractivity contribution in [1.29, 1.82) is 0 Å². The van der Waals surface area contributed by atoms with Crippen LogP contribution in [0.2, 0.25) is 0 Å². The predicted molar refractivity (Wildman–Crippen MR) is 89.1 cm³/mol. The molecule has 24 heavy (non-hydrogen) atoms. The van der Waals surface area contributed by atoms with Gasteiger partial charge in [0.1, 0.15) is 6.61 Å². The number of aryl methyl sites for hydroxylation is 1. The number of nitrogens with one attached hydrogen (secondary N) is 1. The maximum atomic E-state index is 12.1. The summed E-state index contributed by atoms with van der Waals surface area (Å²) in [5.41, 5.74) is 2.69. The Bertz CT molecular complexity index is 661. The van der Waals surface area contributed by atoms with E-state index >= 15 is 0 Å². The van der Waals surface area contributed by atoms with Gasteiger partial charge in [-0.15, -0.1) is 0 Å². The first-order chi connectivity index (χ1) is 11.6. The fourth-order valence-corrected chi connectivity index (χ4v) is 3.22. The molecular formula is C17H21N3O4. The van der Waals surface area contributed by atoms with Gasteiger partial charge in [0.15, 0.2) is 0 Å². The Labute approximate surface area is 140 Å². The summed E-state index contributed by atoms with van der Waals surface area (Å²) in [4.78, 5) is 37.8. The minimum atomic E-state index is -0.411. The van der Waals surface area contributed by atoms with E-state index in [1.807, 2.05) is 18.2 Å². The summed E-state index contributed by atoms with van der Waals surface area (Å²) in [6.45, 7) is 2.75. The van der Waals surface area contributed by atoms with Crippen molar-refractivity contribution in [3.63, 3.8) is 0 Å². The van der Waals surface area contributed by atoms with Crippen LogP contribution in [0.3, 0.4) is 0 Å². The van der Waals surface area contributed by atoms with Crippen molar-refractivity contribution < 1.29 is 19.1 Å². The highest BCUT2D eigenvalue weighted by atomic mass is 16.6. The standard InChI is InChI=1S/C17H21N3O4/c1-12(22)18-9-15-10-24-17(23)20(15)14-5-6-16-13(8-14)4-2-3-7-19(16)11-21/h5-6,8,11,15H,2-4,7,9-10H2,1H3,(H,18,22). The zero-order valence-electron chi connectivity index (χ0n) is 13.7. The highest BCUT2D eigenvalue weighted by molar-refractivity contribution is 5.91. The van der Waals surface area contributed by atoms with Crippen LogP contribution >= 0.6 is 0 Å². The SMILES string of the molecule is CC(=O)NCC1COC(=O)N1c1ccc2c(c1)CCCCN2C=O. The first-order valence-electron chi connectivity index (χ1n) is 8.15. The average Bonchev–Trinajstić information content (AvgIpc) is 2.81. The quantitative estimate of drug-likeness (QED) is 0.847. The van der Waals surface area contributed by atoms with Crippen molar-refractivity contribution in [1.82, 2.24) is 5.32 Å². The summed E-state index contributed by atoms with van der Waals surface area (Å²) in [7, 11) is 0. The van der Waals surface area contributed by atoms with Gasteiger partial charge in [-0.25, -0.2) is 4.79 Å². The minimum absolute atomic E-state index is 0.141. The Balaban J connectivity index is 1.88. The zero-order chi connectivity index (χ0) is 17.1. The number of carbonyl (C=O) groups is 3. The molecule has 1 saturated heterocycles. The van der Waals surface area contributed by atoms with E-state index in [4.69, 9.17) is 4.74 Å². The molecule has 1 fully saturated rings. The topological polar surface area (TPSA) is 79.0 Å². The first kappa shape index (κ1) is 16.3. The second-order valence-electron chi connectivity index (χ2n) is 6.11. The van der Waals surface area contributed by atoms with E-state index in [1.165, 1.54) is 6.92 Å². The second-order valence-corrected chi connectivity index (χ2v) is 6.11. The third kappa shape index (κ3) is 3.20. The van der Waals surface area contributed by atoms with Gasteiger partial charge in [-0.05, 0) is 43.0 Å². The Morgan fingerprint density at radius 1 is 1.42 bits per heavy atom. The smallest absolute Gasteiger partial charge is 0.414 e. The van der Waals surface area contributed by atoms with Crippen LogP contribution in [0.5, 0.6) is 0 Å². The summed E-state index contributed by atoms with van der Waals surface area (Å²) in [5, 5.41) is 2.73. The van der Waals surface area contributed by atoms with Crippen LogP contribution in [0.1, 0.15) is 25.3 Å². The highest BCUT2D eigenvalue weighted by Crippen LogP contribution is 2.32. The lowest BCUT2D eigenvalue weighted by atomic mass is 10.1.